The number of aryl methyl sites for hydroxylation is 1. The molecular formula is C17H31IN4. The molecule has 0 atom stereocenters. The lowest BCUT2D eigenvalue weighted by molar-refractivity contribution is 0.300. The number of hydrogen-bond acceptors (Lipinski definition) is 2. The van der Waals surface area contributed by atoms with E-state index in [0.29, 0.717) is 0 Å². The summed E-state index contributed by atoms with van der Waals surface area (Å²) < 4.78 is 0. The molecule has 0 radical (unpaired) electrons. The fourth-order valence-corrected chi connectivity index (χ4v) is 2.16. The van der Waals surface area contributed by atoms with Crippen LogP contribution in [-0.4, -0.2) is 44.1 Å². The van der Waals surface area contributed by atoms with Crippen LogP contribution in [0.2, 0.25) is 0 Å². The van der Waals surface area contributed by atoms with Crippen LogP contribution in [0.1, 0.15) is 31.4 Å². The molecule has 0 spiro atoms. The largest absolute Gasteiger partial charge is 0.356 e. The molecule has 0 saturated heterocycles. The highest BCUT2D eigenvalue weighted by Crippen LogP contribution is 2.02. The molecule has 0 heterocycles. The molecule has 0 aromatic heterocycles. The van der Waals surface area contributed by atoms with Crippen LogP contribution in [0, 0.1) is 6.92 Å². The zero-order valence-corrected chi connectivity index (χ0v) is 16.7. The third kappa shape index (κ3) is 8.58. The zero-order valence-electron chi connectivity index (χ0n) is 14.4. The van der Waals surface area contributed by atoms with Crippen molar-refractivity contribution in [3.05, 3.63) is 35.4 Å². The lowest BCUT2D eigenvalue weighted by Gasteiger charge is -2.18. The predicted molar refractivity (Wildman–Crippen MR) is 107 cm³/mol. The van der Waals surface area contributed by atoms with Gasteiger partial charge in [0.05, 0.1) is 0 Å². The summed E-state index contributed by atoms with van der Waals surface area (Å²) >= 11 is 0. The number of halogens is 1. The smallest absolute Gasteiger partial charge is 0.191 e. The number of guanidine groups is 1. The van der Waals surface area contributed by atoms with E-state index in [1.807, 2.05) is 7.05 Å². The second-order valence-electron chi connectivity index (χ2n) is 5.22. The Morgan fingerprint density at radius 1 is 1.09 bits per heavy atom. The normalized spacial score (nSPS) is 11.2. The second-order valence-corrected chi connectivity index (χ2v) is 5.22. The molecule has 1 aromatic rings. The Kier molecular flexibility index (Phi) is 12.2. The summed E-state index contributed by atoms with van der Waals surface area (Å²) in [5.41, 5.74) is 2.56. The monoisotopic (exact) mass is 418 g/mol. The van der Waals surface area contributed by atoms with Gasteiger partial charge in [-0.25, -0.2) is 0 Å². The summed E-state index contributed by atoms with van der Waals surface area (Å²) in [6, 6.07) is 8.57. The molecule has 0 bridgehead atoms. The Morgan fingerprint density at radius 2 is 1.73 bits per heavy atom. The maximum atomic E-state index is 4.26. The highest BCUT2D eigenvalue weighted by atomic mass is 127. The van der Waals surface area contributed by atoms with Crippen molar-refractivity contribution in [2.45, 2.75) is 33.7 Å². The highest BCUT2D eigenvalue weighted by molar-refractivity contribution is 14.0. The summed E-state index contributed by atoms with van der Waals surface area (Å²) in [6.45, 7) is 11.6. The number of nitrogens with zero attached hydrogens (tertiary/aromatic N) is 2. The molecule has 0 saturated carbocycles. The molecule has 22 heavy (non-hydrogen) atoms. The van der Waals surface area contributed by atoms with E-state index in [2.05, 4.69) is 65.6 Å². The van der Waals surface area contributed by atoms with Crippen LogP contribution in [0.3, 0.4) is 0 Å². The van der Waals surface area contributed by atoms with Crippen molar-refractivity contribution >= 4 is 29.9 Å². The Bertz CT molecular complexity index is 413. The molecule has 0 amide bonds. The van der Waals surface area contributed by atoms with Gasteiger partial charge in [0, 0.05) is 20.1 Å². The van der Waals surface area contributed by atoms with Gasteiger partial charge in [-0.15, -0.1) is 24.0 Å². The van der Waals surface area contributed by atoms with Gasteiger partial charge in [-0.05, 0) is 38.5 Å². The second kappa shape index (κ2) is 12.7. The van der Waals surface area contributed by atoms with Crippen LogP contribution in [0.25, 0.3) is 0 Å². The van der Waals surface area contributed by atoms with Gasteiger partial charge < -0.3 is 15.5 Å². The van der Waals surface area contributed by atoms with Gasteiger partial charge in [-0.2, -0.15) is 0 Å². The Morgan fingerprint density at radius 3 is 2.27 bits per heavy atom. The third-order valence-corrected chi connectivity index (χ3v) is 3.64. The maximum absolute atomic E-state index is 4.26. The number of rotatable bonds is 8. The zero-order chi connectivity index (χ0) is 15.5. The highest BCUT2D eigenvalue weighted by Gasteiger charge is 2.00. The molecule has 1 rings (SSSR count). The van der Waals surface area contributed by atoms with Crippen molar-refractivity contribution in [1.29, 1.82) is 0 Å². The molecule has 5 heteroatoms. The van der Waals surface area contributed by atoms with E-state index in [1.54, 1.807) is 0 Å². The van der Waals surface area contributed by atoms with Gasteiger partial charge in [0.2, 0.25) is 0 Å². The van der Waals surface area contributed by atoms with E-state index in [9.17, 15) is 0 Å². The van der Waals surface area contributed by atoms with E-state index in [4.69, 9.17) is 0 Å². The van der Waals surface area contributed by atoms with Crippen LogP contribution >= 0.6 is 24.0 Å². The molecule has 0 aliphatic rings. The van der Waals surface area contributed by atoms with Crippen LogP contribution < -0.4 is 10.6 Å². The molecule has 0 aliphatic carbocycles. The first-order valence-electron chi connectivity index (χ1n) is 7.92. The van der Waals surface area contributed by atoms with Crippen LogP contribution in [-0.2, 0) is 6.54 Å². The van der Waals surface area contributed by atoms with Gasteiger partial charge in [0.1, 0.15) is 0 Å². The number of aliphatic imine (C=N–C) groups is 1. The Labute approximate surface area is 152 Å². The van der Waals surface area contributed by atoms with Crippen molar-refractivity contribution in [1.82, 2.24) is 15.5 Å². The topological polar surface area (TPSA) is 39.7 Å². The summed E-state index contributed by atoms with van der Waals surface area (Å²) in [7, 11) is 1.81. The third-order valence-electron chi connectivity index (χ3n) is 3.64. The van der Waals surface area contributed by atoms with Gasteiger partial charge in [-0.1, -0.05) is 43.7 Å². The lowest BCUT2D eigenvalue weighted by atomic mass is 10.1. The minimum Gasteiger partial charge on any atom is -0.356 e. The first-order chi connectivity index (χ1) is 10.2. The van der Waals surface area contributed by atoms with Crippen LogP contribution in [0.5, 0.6) is 0 Å². The molecule has 2 N–H and O–H groups in total. The summed E-state index contributed by atoms with van der Waals surface area (Å²) in [6.07, 6.45) is 1.13. The first kappa shape index (κ1) is 21.2. The van der Waals surface area contributed by atoms with Gasteiger partial charge in [-0.3, -0.25) is 4.99 Å². The molecule has 0 aliphatic heterocycles. The van der Waals surface area contributed by atoms with Gasteiger partial charge >= 0.3 is 0 Å². The van der Waals surface area contributed by atoms with E-state index >= 15 is 0 Å². The van der Waals surface area contributed by atoms with Crippen molar-refractivity contribution in [3.63, 3.8) is 0 Å². The molecule has 126 valence electrons. The Hall–Kier alpha value is -0.820. The number of benzene rings is 1. The summed E-state index contributed by atoms with van der Waals surface area (Å²) in [5, 5.41) is 6.71. The van der Waals surface area contributed by atoms with Crippen molar-refractivity contribution < 1.29 is 0 Å². The number of nitrogens with one attached hydrogen (secondary N) is 2. The fourth-order valence-electron chi connectivity index (χ4n) is 2.16. The van der Waals surface area contributed by atoms with E-state index in [1.165, 1.54) is 11.1 Å². The minimum atomic E-state index is 0. The van der Waals surface area contributed by atoms with Crippen molar-refractivity contribution in [3.8, 4) is 0 Å². The lowest BCUT2D eigenvalue weighted by Crippen LogP contribution is -2.38. The predicted octanol–water partition coefficient (Wildman–Crippen LogP) is 3.01. The molecular weight excluding hydrogens is 387 g/mol. The molecule has 0 fully saturated rings. The number of hydrogen-bond donors (Lipinski definition) is 2. The van der Waals surface area contributed by atoms with Gasteiger partial charge in [0.25, 0.3) is 0 Å². The first-order valence-corrected chi connectivity index (χ1v) is 7.92. The summed E-state index contributed by atoms with van der Waals surface area (Å²) in [4.78, 5) is 6.69. The standard InChI is InChI=1S/C17H30N4.HI/c1-5-21(6-2)13-7-12-19-17(18-4)20-14-16-10-8-15(3)9-11-16;/h8-11H,5-7,12-14H2,1-4H3,(H2,18,19,20);1H. The van der Waals surface area contributed by atoms with E-state index < -0.39 is 0 Å². The summed E-state index contributed by atoms with van der Waals surface area (Å²) in [5.74, 6) is 0.870. The fraction of sp³-hybridized carbons (Fsp3) is 0.588. The SMILES string of the molecule is CCN(CC)CCCNC(=NC)NCc1ccc(C)cc1.I. The maximum Gasteiger partial charge on any atom is 0.191 e. The van der Waals surface area contributed by atoms with E-state index in [0.717, 1.165) is 45.1 Å². The van der Waals surface area contributed by atoms with Crippen LogP contribution in [0.15, 0.2) is 29.3 Å². The minimum absolute atomic E-state index is 0. The van der Waals surface area contributed by atoms with Gasteiger partial charge in [0.15, 0.2) is 5.96 Å². The molecule has 1 aromatic carbocycles. The molecule has 4 nitrogen and oxygen atoms in total. The van der Waals surface area contributed by atoms with Crippen molar-refractivity contribution in [2.24, 2.45) is 4.99 Å². The molecule has 0 unspecified atom stereocenters. The van der Waals surface area contributed by atoms with E-state index in [-0.39, 0.29) is 24.0 Å². The van der Waals surface area contributed by atoms with Crippen LogP contribution in [0.4, 0.5) is 0 Å². The average Bonchev–Trinajstić information content (AvgIpc) is 2.52. The Balaban J connectivity index is 0.00000441. The van der Waals surface area contributed by atoms with Crippen molar-refractivity contribution in [2.75, 3.05) is 33.2 Å². The quantitative estimate of drug-likeness (QED) is 0.295. The average molecular weight is 418 g/mol.